The molecule has 4 aromatic carbocycles. The van der Waals surface area contributed by atoms with Crippen molar-refractivity contribution in [2.75, 3.05) is 26.4 Å². The van der Waals surface area contributed by atoms with Gasteiger partial charge in [0, 0.05) is 48.3 Å². The van der Waals surface area contributed by atoms with E-state index in [0.717, 1.165) is 44.5 Å². The summed E-state index contributed by atoms with van der Waals surface area (Å²) in [5.41, 5.74) is 7.74. The first-order valence-electron chi connectivity index (χ1n) is 18.4. The van der Waals surface area contributed by atoms with Gasteiger partial charge in [-0.3, -0.25) is 4.79 Å². The Labute approximate surface area is 327 Å². The second-order valence-corrected chi connectivity index (χ2v) is 13.0. The fourth-order valence-electron chi connectivity index (χ4n) is 5.91. The second kappa shape index (κ2) is 19.8. The first-order chi connectivity index (χ1) is 27.0. The summed E-state index contributed by atoms with van der Waals surface area (Å²) in [5.74, 6) is 11.9. The number of ketones is 1. The third-order valence-electron chi connectivity index (χ3n) is 8.88. The fourth-order valence-corrected chi connectivity index (χ4v) is 5.91. The molecule has 9 heteroatoms. The van der Waals surface area contributed by atoms with Crippen molar-refractivity contribution in [3.05, 3.63) is 142 Å². The third-order valence-corrected chi connectivity index (χ3v) is 8.88. The Kier molecular flexibility index (Phi) is 14.4. The highest BCUT2D eigenvalue weighted by Gasteiger charge is 2.27. The van der Waals surface area contributed by atoms with Crippen molar-refractivity contribution in [3.63, 3.8) is 0 Å². The maximum Gasteiger partial charge on any atom is 0.333 e. The molecule has 1 aliphatic carbocycles. The maximum atomic E-state index is 13.5. The highest BCUT2D eigenvalue weighted by molar-refractivity contribution is 6.22. The molecule has 0 unspecified atom stereocenters. The number of hydrogen-bond donors (Lipinski definition) is 2. The summed E-state index contributed by atoms with van der Waals surface area (Å²) in [7, 11) is 0. The van der Waals surface area contributed by atoms with E-state index < -0.39 is 24.1 Å². The summed E-state index contributed by atoms with van der Waals surface area (Å²) in [5, 5.41) is 18.6. The molecule has 5 rings (SSSR count). The number of carbonyl (C=O) groups is 3. The maximum absolute atomic E-state index is 13.5. The van der Waals surface area contributed by atoms with E-state index in [1.165, 1.54) is 0 Å². The molecule has 9 nitrogen and oxygen atoms in total. The zero-order valence-corrected chi connectivity index (χ0v) is 31.9. The van der Waals surface area contributed by atoms with E-state index in [9.17, 15) is 24.6 Å². The average Bonchev–Trinajstić information content (AvgIpc) is 3.47. The standard InChI is InChI=1S/C47H44O9/c1-5-53-43(46(49)50)29-35-11-17-37(18-12-35)55-25-23-31(3)7-9-33-15-21-39-40-22-16-34(28-42(40)45(48)41(39)27-33)10-8-32(4)24-26-56-38-19-13-36(14-20-38)30-44(47(51)52)54-6-2/h11-24,27-28,43-44H,5-6,25-26,29-30H2,1-4H3,(H,49,50)(H,51,52)/b31-23+,32-24+/t43-,44+. The zero-order chi connectivity index (χ0) is 40.0. The van der Waals surface area contributed by atoms with Gasteiger partial charge in [-0.1, -0.05) is 60.1 Å². The van der Waals surface area contributed by atoms with E-state index in [2.05, 4.69) is 23.7 Å². The van der Waals surface area contributed by atoms with Crippen molar-refractivity contribution < 1.29 is 43.5 Å². The van der Waals surface area contributed by atoms with Gasteiger partial charge in [0.25, 0.3) is 0 Å². The Morgan fingerprint density at radius 2 is 1.00 bits per heavy atom. The molecule has 0 amide bonds. The fraction of sp³-hybridized carbons (Fsp3) is 0.255. The molecular weight excluding hydrogens is 709 g/mol. The topological polar surface area (TPSA) is 129 Å². The Morgan fingerprint density at radius 3 is 1.36 bits per heavy atom. The number of allylic oxidation sites excluding steroid dienone is 2. The molecule has 0 spiro atoms. The van der Waals surface area contributed by atoms with Crippen molar-refractivity contribution in [1.29, 1.82) is 0 Å². The van der Waals surface area contributed by atoms with E-state index >= 15 is 0 Å². The summed E-state index contributed by atoms with van der Waals surface area (Å²) in [4.78, 5) is 36.2. The Balaban J connectivity index is 1.13. The van der Waals surface area contributed by atoms with Crippen molar-refractivity contribution in [1.82, 2.24) is 0 Å². The van der Waals surface area contributed by atoms with E-state index in [4.69, 9.17) is 18.9 Å². The largest absolute Gasteiger partial charge is 0.490 e. The Hall–Kier alpha value is -6.39. The van der Waals surface area contributed by atoms with Crippen molar-refractivity contribution in [2.24, 2.45) is 0 Å². The third kappa shape index (κ3) is 11.3. The summed E-state index contributed by atoms with van der Waals surface area (Å²) in [6, 6.07) is 25.9. The van der Waals surface area contributed by atoms with Crippen LogP contribution < -0.4 is 9.47 Å². The van der Waals surface area contributed by atoms with E-state index in [1.807, 2.05) is 86.7 Å². The van der Waals surface area contributed by atoms with Gasteiger partial charge >= 0.3 is 11.9 Å². The number of ether oxygens (including phenoxy) is 4. The highest BCUT2D eigenvalue weighted by Crippen LogP contribution is 2.37. The van der Waals surface area contributed by atoms with E-state index in [-0.39, 0.29) is 18.6 Å². The molecule has 2 N–H and O–H groups in total. The van der Waals surface area contributed by atoms with Crippen molar-refractivity contribution in [2.45, 2.75) is 52.7 Å². The first-order valence-corrected chi connectivity index (χ1v) is 18.4. The molecule has 0 radical (unpaired) electrons. The summed E-state index contributed by atoms with van der Waals surface area (Å²) >= 11 is 0. The van der Waals surface area contributed by atoms with Crippen LogP contribution in [0.15, 0.2) is 108 Å². The van der Waals surface area contributed by atoms with Gasteiger partial charge < -0.3 is 29.2 Å². The van der Waals surface area contributed by atoms with Crippen LogP contribution in [0.2, 0.25) is 0 Å². The molecule has 0 bridgehead atoms. The van der Waals surface area contributed by atoms with Crippen LogP contribution in [0.1, 0.15) is 65.9 Å². The van der Waals surface area contributed by atoms with Crippen LogP contribution in [0.4, 0.5) is 0 Å². The number of carboxylic acid groups (broad SMARTS) is 2. The Bertz CT molecular complexity index is 2080. The normalized spacial score (nSPS) is 13.0. The minimum atomic E-state index is -0.985. The van der Waals surface area contributed by atoms with Crippen LogP contribution in [0.5, 0.6) is 11.5 Å². The van der Waals surface area contributed by atoms with Crippen LogP contribution in [0.3, 0.4) is 0 Å². The van der Waals surface area contributed by atoms with Gasteiger partial charge in [0.05, 0.1) is 0 Å². The van der Waals surface area contributed by atoms with Gasteiger partial charge in [-0.15, -0.1) is 0 Å². The monoisotopic (exact) mass is 752 g/mol. The molecule has 0 heterocycles. The quantitative estimate of drug-likeness (QED) is 0.0974. The second-order valence-electron chi connectivity index (χ2n) is 13.0. The van der Waals surface area contributed by atoms with Gasteiger partial charge in [-0.25, -0.2) is 9.59 Å². The molecule has 1 aliphatic rings. The number of carbonyl (C=O) groups excluding carboxylic acids is 1. The zero-order valence-electron chi connectivity index (χ0n) is 31.9. The number of carboxylic acids is 2. The van der Waals surface area contributed by atoms with Crippen LogP contribution in [-0.2, 0) is 31.9 Å². The number of benzene rings is 4. The van der Waals surface area contributed by atoms with Crippen molar-refractivity contribution >= 4 is 17.7 Å². The van der Waals surface area contributed by atoms with E-state index in [0.29, 0.717) is 49.1 Å². The molecule has 2 atom stereocenters. The molecular formula is C47H44O9. The molecule has 0 aliphatic heterocycles. The number of hydrogen-bond acceptors (Lipinski definition) is 7. The lowest BCUT2D eigenvalue weighted by atomic mass is 10.0. The molecule has 286 valence electrons. The van der Waals surface area contributed by atoms with Crippen LogP contribution in [0, 0.1) is 23.7 Å². The molecule has 0 saturated heterocycles. The van der Waals surface area contributed by atoms with Gasteiger partial charge in [0.2, 0.25) is 0 Å². The van der Waals surface area contributed by atoms with Crippen LogP contribution in [-0.4, -0.2) is 66.6 Å². The molecule has 0 aromatic heterocycles. The Morgan fingerprint density at radius 1 is 0.607 bits per heavy atom. The summed E-state index contributed by atoms with van der Waals surface area (Å²) < 4.78 is 22.2. The number of rotatable bonds is 16. The van der Waals surface area contributed by atoms with Gasteiger partial charge in [-0.2, -0.15) is 0 Å². The van der Waals surface area contributed by atoms with E-state index in [1.54, 1.807) is 38.1 Å². The molecule has 0 fully saturated rings. The smallest absolute Gasteiger partial charge is 0.333 e. The molecule has 4 aromatic rings. The molecule has 56 heavy (non-hydrogen) atoms. The van der Waals surface area contributed by atoms with Crippen LogP contribution >= 0.6 is 0 Å². The average molecular weight is 753 g/mol. The minimum absolute atomic E-state index is 0.0617. The number of aliphatic carboxylic acids is 2. The number of fused-ring (bicyclic) bond motifs is 3. The summed E-state index contributed by atoms with van der Waals surface area (Å²) in [6.45, 7) is 8.61. The predicted molar refractivity (Wildman–Crippen MR) is 214 cm³/mol. The lowest BCUT2D eigenvalue weighted by Gasteiger charge is -2.12. The van der Waals surface area contributed by atoms with Crippen molar-refractivity contribution in [3.8, 4) is 46.3 Å². The van der Waals surface area contributed by atoms with Gasteiger partial charge in [-0.05, 0) is 122 Å². The predicted octanol–water partition coefficient (Wildman–Crippen LogP) is 7.72. The highest BCUT2D eigenvalue weighted by atomic mass is 16.5. The first kappa shape index (κ1) is 40.8. The lowest BCUT2D eigenvalue weighted by molar-refractivity contribution is -0.150. The molecule has 0 saturated carbocycles. The SMILES string of the molecule is CCO[C@@H](Cc1ccc(OC/C=C(\C)C#Cc2ccc3c(c2)C(=O)c2cc(C#C/C(C)=C/COc4ccc(C[C@@H](OCC)C(=O)O)cc4)ccc2-3)cc1)C(=O)O. The van der Waals surface area contributed by atoms with Crippen LogP contribution in [0.25, 0.3) is 11.1 Å². The van der Waals surface area contributed by atoms with Gasteiger partial charge in [0.15, 0.2) is 18.0 Å². The van der Waals surface area contributed by atoms with Gasteiger partial charge in [0.1, 0.15) is 24.7 Å². The minimum Gasteiger partial charge on any atom is -0.490 e. The lowest BCUT2D eigenvalue weighted by Crippen LogP contribution is -2.26. The summed E-state index contributed by atoms with van der Waals surface area (Å²) in [6.07, 6.45) is 2.55.